The maximum atomic E-state index is 11.5. The molecular formula is C8H13NO3S2. The molecule has 0 radical (unpaired) electrons. The van der Waals surface area contributed by atoms with Gasteiger partial charge in [0, 0.05) is 13.2 Å². The first kappa shape index (κ1) is 11.6. The number of sulfonamides is 1. The van der Waals surface area contributed by atoms with E-state index in [-0.39, 0.29) is 0 Å². The van der Waals surface area contributed by atoms with Crippen LogP contribution < -0.4 is 4.72 Å². The molecule has 6 heteroatoms. The molecule has 1 N–H and O–H groups in total. The molecular weight excluding hydrogens is 222 g/mol. The van der Waals surface area contributed by atoms with E-state index in [2.05, 4.69) is 4.72 Å². The van der Waals surface area contributed by atoms with Crippen molar-refractivity contribution in [2.24, 2.45) is 0 Å². The van der Waals surface area contributed by atoms with Crippen molar-refractivity contribution in [2.75, 3.05) is 19.8 Å². The van der Waals surface area contributed by atoms with Crippen molar-refractivity contribution in [1.82, 2.24) is 4.72 Å². The van der Waals surface area contributed by atoms with Crippen LogP contribution in [0.3, 0.4) is 0 Å². The molecule has 1 aromatic heterocycles. The number of ether oxygens (including phenoxy) is 1. The molecule has 80 valence electrons. The minimum atomic E-state index is -3.31. The van der Waals surface area contributed by atoms with Gasteiger partial charge in [-0.1, -0.05) is 6.07 Å². The molecule has 0 aliphatic heterocycles. The molecule has 0 unspecified atom stereocenters. The number of hydrogen-bond donors (Lipinski definition) is 1. The second kappa shape index (κ2) is 5.45. The number of nitrogens with one attached hydrogen (secondary N) is 1. The zero-order valence-corrected chi connectivity index (χ0v) is 9.53. The first-order valence-corrected chi connectivity index (χ1v) is 6.64. The molecule has 0 spiro atoms. The van der Waals surface area contributed by atoms with Gasteiger partial charge < -0.3 is 4.74 Å². The molecule has 1 aromatic rings. The largest absolute Gasteiger partial charge is 0.380 e. The molecule has 0 atom stereocenters. The lowest BCUT2D eigenvalue weighted by Gasteiger charge is -2.04. The Morgan fingerprint density at radius 3 is 2.93 bits per heavy atom. The lowest BCUT2D eigenvalue weighted by Crippen LogP contribution is -2.26. The lowest BCUT2D eigenvalue weighted by molar-refractivity contribution is 0.153. The number of hydrogen-bond acceptors (Lipinski definition) is 4. The van der Waals surface area contributed by atoms with E-state index in [4.69, 9.17) is 4.74 Å². The van der Waals surface area contributed by atoms with E-state index in [0.717, 1.165) is 0 Å². The summed E-state index contributed by atoms with van der Waals surface area (Å²) < 4.78 is 30.8. The van der Waals surface area contributed by atoms with E-state index in [1.54, 1.807) is 17.5 Å². The molecule has 0 saturated carbocycles. The van der Waals surface area contributed by atoms with Crippen LogP contribution in [-0.2, 0) is 14.8 Å². The fourth-order valence-electron chi connectivity index (χ4n) is 0.880. The summed E-state index contributed by atoms with van der Waals surface area (Å²) in [6.07, 6.45) is 0. The molecule has 14 heavy (non-hydrogen) atoms. The maximum Gasteiger partial charge on any atom is 0.250 e. The minimum absolute atomic E-state index is 0.314. The normalized spacial score (nSPS) is 11.8. The molecule has 0 aliphatic carbocycles. The van der Waals surface area contributed by atoms with Gasteiger partial charge in [-0.15, -0.1) is 11.3 Å². The average Bonchev–Trinajstić information content (AvgIpc) is 2.65. The van der Waals surface area contributed by atoms with Gasteiger partial charge in [0.1, 0.15) is 4.21 Å². The Balaban J connectivity index is 2.44. The van der Waals surface area contributed by atoms with Gasteiger partial charge in [-0.3, -0.25) is 0 Å². The Morgan fingerprint density at radius 1 is 1.57 bits per heavy atom. The van der Waals surface area contributed by atoms with Crippen molar-refractivity contribution in [3.63, 3.8) is 0 Å². The van der Waals surface area contributed by atoms with E-state index in [1.807, 2.05) is 6.92 Å². The summed E-state index contributed by atoms with van der Waals surface area (Å²) in [5.74, 6) is 0. The van der Waals surface area contributed by atoms with Crippen molar-refractivity contribution in [1.29, 1.82) is 0 Å². The van der Waals surface area contributed by atoms with Crippen LogP contribution in [0.4, 0.5) is 0 Å². The first-order chi connectivity index (χ1) is 6.67. The summed E-state index contributed by atoms with van der Waals surface area (Å²) in [6, 6.07) is 3.29. The van der Waals surface area contributed by atoms with E-state index < -0.39 is 10.0 Å². The molecule has 0 aromatic carbocycles. The predicted molar refractivity (Wildman–Crippen MR) is 56.0 cm³/mol. The van der Waals surface area contributed by atoms with Gasteiger partial charge >= 0.3 is 0 Å². The summed E-state index contributed by atoms with van der Waals surface area (Å²) in [6.45, 7) is 3.18. The summed E-state index contributed by atoms with van der Waals surface area (Å²) in [5, 5.41) is 1.73. The van der Waals surface area contributed by atoms with E-state index in [9.17, 15) is 8.42 Å². The van der Waals surface area contributed by atoms with Gasteiger partial charge in [0.05, 0.1) is 6.61 Å². The molecule has 1 heterocycles. The van der Waals surface area contributed by atoms with Crippen LogP contribution in [0.2, 0.25) is 0 Å². The highest BCUT2D eigenvalue weighted by Gasteiger charge is 2.13. The average molecular weight is 235 g/mol. The molecule has 0 amide bonds. The monoisotopic (exact) mass is 235 g/mol. The highest BCUT2D eigenvalue weighted by atomic mass is 32.2. The zero-order chi connectivity index (χ0) is 10.4. The van der Waals surface area contributed by atoms with Gasteiger partial charge in [-0.05, 0) is 18.4 Å². The quantitative estimate of drug-likeness (QED) is 0.750. The maximum absolute atomic E-state index is 11.5. The standard InChI is InChI=1S/C8H13NO3S2/c1-2-12-6-5-9-14(10,11)8-4-3-7-13-8/h3-4,7,9H,2,5-6H2,1H3. The Morgan fingerprint density at radius 2 is 2.36 bits per heavy atom. The highest BCUT2D eigenvalue weighted by Crippen LogP contribution is 2.14. The Kier molecular flexibility index (Phi) is 4.53. The third-order valence-electron chi connectivity index (χ3n) is 1.50. The van der Waals surface area contributed by atoms with Crippen LogP contribution in [0.15, 0.2) is 21.7 Å². The summed E-state index contributed by atoms with van der Waals surface area (Å²) in [5.41, 5.74) is 0. The van der Waals surface area contributed by atoms with Gasteiger partial charge in [0.2, 0.25) is 10.0 Å². The SMILES string of the molecule is CCOCCNS(=O)(=O)c1cccs1. The molecule has 0 bridgehead atoms. The fourth-order valence-corrected chi connectivity index (χ4v) is 2.93. The zero-order valence-electron chi connectivity index (χ0n) is 7.89. The Hall–Kier alpha value is -0.430. The summed E-state index contributed by atoms with van der Waals surface area (Å²) in [7, 11) is -3.31. The van der Waals surface area contributed by atoms with Gasteiger partial charge in [0.25, 0.3) is 0 Å². The van der Waals surface area contributed by atoms with Crippen molar-refractivity contribution < 1.29 is 13.2 Å². The Bertz CT molecular complexity index is 345. The first-order valence-electron chi connectivity index (χ1n) is 4.27. The molecule has 0 fully saturated rings. The smallest absolute Gasteiger partial charge is 0.250 e. The molecule has 4 nitrogen and oxygen atoms in total. The predicted octanol–water partition coefficient (Wildman–Crippen LogP) is 1.06. The van der Waals surface area contributed by atoms with Gasteiger partial charge in [0.15, 0.2) is 0 Å². The molecule has 1 rings (SSSR count). The molecule has 0 saturated heterocycles. The fraction of sp³-hybridized carbons (Fsp3) is 0.500. The third kappa shape index (κ3) is 3.38. The van der Waals surface area contributed by atoms with Gasteiger partial charge in [-0.25, -0.2) is 13.1 Å². The van der Waals surface area contributed by atoms with E-state index in [1.165, 1.54) is 11.3 Å². The topological polar surface area (TPSA) is 55.4 Å². The Labute approximate surface area is 88.0 Å². The van der Waals surface area contributed by atoms with Crippen LogP contribution in [0.5, 0.6) is 0 Å². The van der Waals surface area contributed by atoms with Gasteiger partial charge in [-0.2, -0.15) is 0 Å². The number of thiophene rings is 1. The van der Waals surface area contributed by atoms with Crippen LogP contribution in [0.25, 0.3) is 0 Å². The number of rotatable bonds is 6. The molecule has 0 aliphatic rings. The van der Waals surface area contributed by atoms with Crippen LogP contribution >= 0.6 is 11.3 Å². The minimum Gasteiger partial charge on any atom is -0.380 e. The summed E-state index contributed by atoms with van der Waals surface area (Å²) in [4.78, 5) is 0. The van der Waals surface area contributed by atoms with Crippen molar-refractivity contribution in [2.45, 2.75) is 11.1 Å². The van der Waals surface area contributed by atoms with E-state index in [0.29, 0.717) is 24.0 Å². The third-order valence-corrected chi connectivity index (χ3v) is 4.36. The summed E-state index contributed by atoms with van der Waals surface area (Å²) >= 11 is 1.20. The van der Waals surface area contributed by atoms with Crippen LogP contribution in [0, 0.1) is 0 Å². The second-order valence-corrected chi connectivity index (χ2v) is 5.47. The van der Waals surface area contributed by atoms with Crippen molar-refractivity contribution >= 4 is 21.4 Å². The highest BCUT2D eigenvalue weighted by molar-refractivity contribution is 7.91. The van der Waals surface area contributed by atoms with Crippen molar-refractivity contribution in [3.05, 3.63) is 17.5 Å². The van der Waals surface area contributed by atoms with Crippen LogP contribution in [0.1, 0.15) is 6.92 Å². The van der Waals surface area contributed by atoms with Crippen molar-refractivity contribution in [3.8, 4) is 0 Å². The lowest BCUT2D eigenvalue weighted by atomic mass is 10.7. The van der Waals surface area contributed by atoms with Crippen LogP contribution in [-0.4, -0.2) is 28.2 Å². The van der Waals surface area contributed by atoms with E-state index >= 15 is 0 Å². The second-order valence-electron chi connectivity index (χ2n) is 2.53.